The quantitative estimate of drug-likeness (QED) is 0.783. The molecule has 0 saturated carbocycles. The highest BCUT2D eigenvalue weighted by atomic mass is 35.5. The number of nitrogens with zero attached hydrogens (tertiary/aromatic N) is 5. The van der Waals surface area contributed by atoms with Crippen molar-refractivity contribution < 1.29 is 0 Å². The molecule has 0 atom stereocenters. The van der Waals surface area contributed by atoms with Crippen molar-refractivity contribution in [3.8, 4) is 0 Å². The molecule has 3 aromatic rings. The Morgan fingerprint density at radius 2 is 2.05 bits per heavy atom. The van der Waals surface area contributed by atoms with Crippen molar-refractivity contribution in [1.82, 2.24) is 24.6 Å². The van der Waals surface area contributed by atoms with Crippen LogP contribution in [-0.2, 0) is 6.42 Å². The number of fused-ring (bicyclic) bond motifs is 1. The zero-order valence-electron chi connectivity index (χ0n) is 12.5. The molecule has 7 heteroatoms. The average molecular weight is 317 g/mol. The molecule has 1 N–H and O–H groups in total. The van der Waals surface area contributed by atoms with Crippen molar-refractivity contribution in [1.29, 1.82) is 0 Å². The van der Waals surface area contributed by atoms with Crippen molar-refractivity contribution in [2.75, 3.05) is 11.9 Å². The number of pyridine rings is 1. The van der Waals surface area contributed by atoms with Gasteiger partial charge < -0.3 is 5.32 Å². The molecule has 3 rings (SSSR count). The monoisotopic (exact) mass is 316 g/mol. The largest absolute Gasteiger partial charge is 0.367 e. The lowest BCUT2D eigenvalue weighted by Crippen LogP contribution is -2.10. The number of imidazole rings is 1. The molecule has 0 aliphatic carbocycles. The number of aromatic nitrogens is 5. The first-order valence-corrected chi connectivity index (χ1v) is 7.57. The fourth-order valence-electron chi connectivity index (χ4n) is 2.26. The van der Waals surface area contributed by atoms with Gasteiger partial charge in [0.25, 0.3) is 0 Å². The van der Waals surface area contributed by atoms with Gasteiger partial charge in [0.1, 0.15) is 0 Å². The van der Waals surface area contributed by atoms with E-state index in [1.165, 1.54) is 5.56 Å². The van der Waals surface area contributed by atoms with E-state index in [0.29, 0.717) is 17.4 Å². The van der Waals surface area contributed by atoms with Crippen molar-refractivity contribution in [3.05, 3.63) is 47.3 Å². The molecule has 0 saturated heterocycles. The van der Waals surface area contributed by atoms with E-state index in [-0.39, 0.29) is 5.28 Å². The Bertz CT molecular complexity index is 768. The molecule has 0 aliphatic heterocycles. The third-order valence-electron chi connectivity index (χ3n) is 3.41. The van der Waals surface area contributed by atoms with Crippen LogP contribution in [0.4, 0.5) is 5.82 Å². The van der Waals surface area contributed by atoms with Gasteiger partial charge in [-0.1, -0.05) is 13.8 Å². The second-order valence-electron chi connectivity index (χ2n) is 5.33. The van der Waals surface area contributed by atoms with Gasteiger partial charge >= 0.3 is 0 Å². The second kappa shape index (κ2) is 6.27. The molecular weight excluding hydrogens is 300 g/mol. The van der Waals surface area contributed by atoms with E-state index in [9.17, 15) is 0 Å². The maximum Gasteiger partial charge on any atom is 0.243 e. The van der Waals surface area contributed by atoms with Gasteiger partial charge in [-0.25, -0.2) is 9.50 Å². The van der Waals surface area contributed by atoms with Crippen LogP contribution >= 0.6 is 11.6 Å². The van der Waals surface area contributed by atoms with Crippen LogP contribution in [0.2, 0.25) is 5.28 Å². The third kappa shape index (κ3) is 3.01. The van der Waals surface area contributed by atoms with E-state index < -0.39 is 0 Å². The number of anilines is 1. The van der Waals surface area contributed by atoms with Crippen molar-refractivity contribution >= 4 is 23.1 Å². The molecule has 6 nitrogen and oxygen atoms in total. The summed E-state index contributed by atoms with van der Waals surface area (Å²) in [5, 5.41) is 7.74. The van der Waals surface area contributed by atoms with Crippen molar-refractivity contribution in [2.24, 2.45) is 0 Å². The topological polar surface area (TPSA) is 68.0 Å². The molecule has 114 valence electrons. The van der Waals surface area contributed by atoms with Crippen LogP contribution in [-0.4, -0.2) is 31.1 Å². The third-order valence-corrected chi connectivity index (χ3v) is 3.57. The van der Waals surface area contributed by atoms with Gasteiger partial charge in [0, 0.05) is 18.9 Å². The summed E-state index contributed by atoms with van der Waals surface area (Å²) in [6.07, 6.45) is 6.27. The first-order chi connectivity index (χ1) is 10.6. The zero-order chi connectivity index (χ0) is 15.5. The number of rotatable bonds is 5. The van der Waals surface area contributed by atoms with E-state index in [1.807, 2.05) is 18.3 Å². The first kappa shape index (κ1) is 14.7. The smallest absolute Gasteiger partial charge is 0.243 e. The summed E-state index contributed by atoms with van der Waals surface area (Å²) < 4.78 is 1.76. The summed E-state index contributed by atoms with van der Waals surface area (Å²) in [5.41, 5.74) is 2.92. The normalized spacial score (nSPS) is 11.3. The van der Waals surface area contributed by atoms with E-state index in [0.717, 1.165) is 18.7 Å². The summed E-state index contributed by atoms with van der Waals surface area (Å²) in [6, 6.07) is 3.99. The molecule has 3 aromatic heterocycles. The van der Waals surface area contributed by atoms with Crippen LogP contribution in [0, 0.1) is 0 Å². The van der Waals surface area contributed by atoms with Gasteiger partial charge in [-0.3, -0.25) is 4.98 Å². The first-order valence-electron chi connectivity index (χ1n) is 7.19. The molecular formula is C15H17ClN6. The van der Waals surface area contributed by atoms with Crippen LogP contribution in [0.1, 0.15) is 31.0 Å². The molecule has 0 spiro atoms. The van der Waals surface area contributed by atoms with Crippen LogP contribution in [0.5, 0.6) is 0 Å². The Kier molecular flexibility index (Phi) is 4.20. The molecule has 0 unspecified atom stereocenters. The molecule has 0 aromatic carbocycles. The standard InChI is InChI=1S/C15H17ClN6/c1-10(2)12-9-19-14-13(20-15(16)21-22(12)14)18-8-5-11-3-6-17-7-4-11/h3-4,6-7,9-10H,5,8H2,1-2H3,(H,18,20,21). The molecule has 0 fully saturated rings. The van der Waals surface area contributed by atoms with Crippen LogP contribution in [0.15, 0.2) is 30.7 Å². The molecule has 3 heterocycles. The maximum atomic E-state index is 6.03. The highest BCUT2D eigenvalue weighted by Crippen LogP contribution is 2.20. The van der Waals surface area contributed by atoms with Crippen LogP contribution in [0.25, 0.3) is 5.65 Å². The van der Waals surface area contributed by atoms with Gasteiger partial charge in [-0.15, -0.1) is 5.10 Å². The zero-order valence-corrected chi connectivity index (χ0v) is 13.2. The summed E-state index contributed by atoms with van der Waals surface area (Å²) >= 11 is 6.03. The summed E-state index contributed by atoms with van der Waals surface area (Å²) in [7, 11) is 0. The lowest BCUT2D eigenvalue weighted by molar-refractivity contribution is 0.751. The number of hydrogen-bond donors (Lipinski definition) is 1. The van der Waals surface area contributed by atoms with Crippen molar-refractivity contribution in [3.63, 3.8) is 0 Å². The molecule has 0 amide bonds. The lowest BCUT2D eigenvalue weighted by Gasteiger charge is -2.09. The van der Waals surface area contributed by atoms with Crippen LogP contribution in [0.3, 0.4) is 0 Å². The molecule has 0 radical (unpaired) electrons. The summed E-state index contributed by atoms with van der Waals surface area (Å²) in [4.78, 5) is 12.7. The fourth-order valence-corrected chi connectivity index (χ4v) is 2.42. The Morgan fingerprint density at radius 3 is 2.77 bits per heavy atom. The Morgan fingerprint density at radius 1 is 1.27 bits per heavy atom. The van der Waals surface area contributed by atoms with Gasteiger partial charge in [-0.05, 0) is 41.6 Å². The second-order valence-corrected chi connectivity index (χ2v) is 5.67. The van der Waals surface area contributed by atoms with Crippen LogP contribution < -0.4 is 5.32 Å². The van der Waals surface area contributed by atoms with Gasteiger partial charge in [0.2, 0.25) is 5.28 Å². The highest BCUT2D eigenvalue weighted by molar-refractivity contribution is 6.28. The minimum atomic E-state index is 0.207. The average Bonchev–Trinajstić information content (AvgIpc) is 2.92. The number of halogens is 1. The summed E-state index contributed by atoms with van der Waals surface area (Å²) in [5.74, 6) is 0.964. The van der Waals surface area contributed by atoms with E-state index >= 15 is 0 Å². The van der Waals surface area contributed by atoms with Gasteiger partial charge in [-0.2, -0.15) is 4.98 Å². The Labute approximate surface area is 133 Å². The molecule has 22 heavy (non-hydrogen) atoms. The van der Waals surface area contributed by atoms with Gasteiger partial charge in [0.15, 0.2) is 11.5 Å². The number of nitrogens with one attached hydrogen (secondary N) is 1. The van der Waals surface area contributed by atoms with Gasteiger partial charge in [0.05, 0.1) is 11.9 Å². The van der Waals surface area contributed by atoms with E-state index in [2.05, 4.69) is 39.2 Å². The minimum Gasteiger partial charge on any atom is -0.367 e. The summed E-state index contributed by atoms with van der Waals surface area (Å²) in [6.45, 7) is 4.92. The predicted octanol–water partition coefficient (Wildman–Crippen LogP) is 2.95. The SMILES string of the molecule is CC(C)c1cnc2c(NCCc3ccncc3)nc(Cl)nn12. The van der Waals surface area contributed by atoms with E-state index in [1.54, 1.807) is 16.9 Å². The lowest BCUT2D eigenvalue weighted by atomic mass is 10.2. The Hall–Kier alpha value is -2.21. The predicted molar refractivity (Wildman–Crippen MR) is 86.3 cm³/mol. The molecule has 0 aliphatic rings. The number of hydrogen-bond acceptors (Lipinski definition) is 5. The molecule has 0 bridgehead atoms. The Balaban J connectivity index is 1.81. The highest BCUT2D eigenvalue weighted by Gasteiger charge is 2.14. The maximum absolute atomic E-state index is 6.03. The van der Waals surface area contributed by atoms with E-state index in [4.69, 9.17) is 11.6 Å². The minimum absolute atomic E-state index is 0.207. The van der Waals surface area contributed by atoms with Crippen molar-refractivity contribution in [2.45, 2.75) is 26.2 Å². The fraction of sp³-hybridized carbons (Fsp3) is 0.333.